The molecule has 1 saturated heterocycles. The van der Waals surface area contributed by atoms with Crippen LogP contribution >= 0.6 is 24.0 Å². The van der Waals surface area contributed by atoms with Crippen LogP contribution in [0.3, 0.4) is 0 Å². The molecular weight excluding hydrogens is 401 g/mol. The molecule has 0 spiro atoms. The number of nitrogens with one attached hydrogen (secondary N) is 1. The largest absolute Gasteiger partial charge is 0.381 e. The fourth-order valence-electron chi connectivity index (χ4n) is 3.10. The van der Waals surface area contributed by atoms with Crippen molar-refractivity contribution >= 4 is 29.9 Å². The Balaban J connectivity index is 0.00000264. The highest BCUT2D eigenvalue weighted by Crippen LogP contribution is 2.36. The maximum Gasteiger partial charge on any atom is 0.189 e. The standard InChI is InChI=1S/C18H29N3O.HI/c1-14-7-5-6-8-15(14)18(9-11-22-12-10-18)13-20-16(19)21-17(2,3)4;/h5-8H,9-13H2,1-4H3,(H3,19,20,21);1H. The van der Waals surface area contributed by atoms with Gasteiger partial charge in [0, 0.05) is 24.2 Å². The van der Waals surface area contributed by atoms with Gasteiger partial charge in [-0.3, -0.25) is 4.99 Å². The molecule has 1 heterocycles. The summed E-state index contributed by atoms with van der Waals surface area (Å²) in [5, 5.41) is 3.24. The summed E-state index contributed by atoms with van der Waals surface area (Å²) in [5.41, 5.74) is 8.73. The number of guanidine groups is 1. The van der Waals surface area contributed by atoms with Crippen LogP contribution in [-0.2, 0) is 10.2 Å². The molecule has 23 heavy (non-hydrogen) atoms. The summed E-state index contributed by atoms with van der Waals surface area (Å²) >= 11 is 0. The van der Waals surface area contributed by atoms with Gasteiger partial charge < -0.3 is 15.8 Å². The van der Waals surface area contributed by atoms with Crippen molar-refractivity contribution in [2.45, 2.75) is 51.5 Å². The van der Waals surface area contributed by atoms with Crippen molar-refractivity contribution in [2.24, 2.45) is 10.7 Å². The molecule has 0 aromatic heterocycles. The zero-order valence-electron chi connectivity index (χ0n) is 14.7. The fourth-order valence-corrected chi connectivity index (χ4v) is 3.10. The number of nitrogens with zero attached hydrogens (tertiary/aromatic N) is 1. The summed E-state index contributed by atoms with van der Waals surface area (Å²) in [6.07, 6.45) is 1.98. The van der Waals surface area contributed by atoms with E-state index in [0.29, 0.717) is 12.5 Å². The molecule has 130 valence electrons. The number of aliphatic imine (C=N–C) groups is 1. The lowest BCUT2D eigenvalue weighted by molar-refractivity contribution is 0.0529. The van der Waals surface area contributed by atoms with Crippen molar-refractivity contribution in [1.82, 2.24) is 5.32 Å². The van der Waals surface area contributed by atoms with Crippen LogP contribution in [0.4, 0.5) is 0 Å². The van der Waals surface area contributed by atoms with Crippen LogP contribution in [-0.4, -0.2) is 31.3 Å². The Bertz CT molecular complexity index is 531. The van der Waals surface area contributed by atoms with Crippen LogP contribution in [0.1, 0.15) is 44.7 Å². The quantitative estimate of drug-likeness (QED) is 0.439. The van der Waals surface area contributed by atoms with E-state index in [-0.39, 0.29) is 34.9 Å². The minimum Gasteiger partial charge on any atom is -0.381 e. The third-order valence-corrected chi connectivity index (χ3v) is 4.22. The zero-order valence-corrected chi connectivity index (χ0v) is 17.0. The summed E-state index contributed by atoms with van der Waals surface area (Å²) in [6, 6.07) is 8.60. The normalized spacial score (nSPS) is 18.2. The molecule has 0 unspecified atom stereocenters. The maximum atomic E-state index is 6.06. The second-order valence-corrected chi connectivity index (χ2v) is 7.28. The van der Waals surface area contributed by atoms with Gasteiger partial charge in [0.25, 0.3) is 0 Å². The van der Waals surface area contributed by atoms with Crippen LogP contribution in [0.5, 0.6) is 0 Å². The predicted molar refractivity (Wildman–Crippen MR) is 108 cm³/mol. The molecule has 1 fully saturated rings. The van der Waals surface area contributed by atoms with Crippen LogP contribution in [0.25, 0.3) is 0 Å². The van der Waals surface area contributed by atoms with Gasteiger partial charge >= 0.3 is 0 Å². The lowest BCUT2D eigenvalue weighted by Gasteiger charge is -2.37. The van der Waals surface area contributed by atoms with E-state index < -0.39 is 0 Å². The predicted octanol–water partition coefficient (Wildman–Crippen LogP) is 3.36. The summed E-state index contributed by atoms with van der Waals surface area (Å²) in [7, 11) is 0. The third-order valence-electron chi connectivity index (χ3n) is 4.22. The number of halogens is 1. The van der Waals surface area contributed by atoms with Gasteiger partial charge in [-0.05, 0) is 51.7 Å². The van der Waals surface area contributed by atoms with Crippen molar-refractivity contribution in [3.05, 3.63) is 35.4 Å². The second-order valence-electron chi connectivity index (χ2n) is 7.28. The fraction of sp³-hybridized carbons (Fsp3) is 0.611. The Morgan fingerprint density at radius 1 is 1.26 bits per heavy atom. The van der Waals surface area contributed by atoms with Crippen LogP contribution in [0.2, 0.25) is 0 Å². The van der Waals surface area contributed by atoms with Crippen molar-refractivity contribution in [1.29, 1.82) is 0 Å². The van der Waals surface area contributed by atoms with E-state index in [9.17, 15) is 0 Å². The molecule has 1 aromatic rings. The minimum absolute atomic E-state index is 0. The van der Waals surface area contributed by atoms with Crippen molar-refractivity contribution in [3.63, 3.8) is 0 Å². The Kier molecular flexibility index (Phi) is 7.32. The number of rotatable bonds is 3. The van der Waals surface area contributed by atoms with Gasteiger partial charge in [0.2, 0.25) is 0 Å². The summed E-state index contributed by atoms with van der Waals surface area (Å²) in [5.74, 6) is 0.520. The first-order chi connectivity index (χ1) is 10.3. The molecule has 2 rings (SSSR count). The molecule has 0 saturated carbocycles. The van der Waals surface area contributed by atoms with E-state index in [1.807, 2.05) is 0 Å². The average Bonchev–Trinajstić information content (AvgIpc) is 2.45. The molecular formula is C18H30IN3O. The van der Waals surface area contributed by atoms with Gasteiger partial charge in [-0.25, -0.2) is 0 Å². The highest BCUT2D eigenvalue weighted by atomic mass is 127. The van der Waals surface area contributed by atoms with Crippen molar-refractivity contribution < 1.29 is 4.74 Å². The molecule has 0 radical (unpaired) electrons. The SMILES string of the molecule is Cc1ccccc1C1(CN=C(N)NC(C)(C)C)CCOCC1.I. The monoisotopic (exact) mass is 431 g/mol. The van der Waals surface area contributed by atoms with Crippen LogP contribution in [0.15, 0.2) is 29.3 Å². The van der Waals surface area contributed by atoms with E-state index >= 15 is 0 Å². The van der Waals surface area contributed by atoms with E-state index in [2.05, 4.69) is 62.3 Å². The molecule has 0 amide bonds. The van der Waals surface area contributed by atoms with Gasteiger partial charge in [0.1, 0.15) is 0 Å². The Morgan fingerprint density at radius 2 is 1.87 bits per heavy atom. The number of hydrogen-bond donors (Lipinski definition) is 2. The summed E-state index contributed by atoms with van der Waals surface area (Å²) < 4.78 is 5.58. The van der Waals surface area contributed by atoms with Crippen molar-refractivity contribution in [2.75, 3.05) is 19.8 Å². The van der Waals surface area contributed by atoms with E-state index in [4.69, 9.17) is 10.5 Å². The Morgan fingerprint density at radius 3 is 2.43 bits per heavy atom. The zero-order chi connectivity index (χ0) is 16.2. The summed E-state index contributed by atoms with van der Waals surface area (Å²) in [6.45, 7) is 10.7. The number of aryl methyl sites for hydroxylation is 1. The van der Waals surface area contributed by atoms with Gasteiger partial charge in [-0.15, -0.1) is 24.0 Å². The van der Waals surface area contributed by atoms with Gasteiger partial charge in [0.15, 0.2) is 5.96 Å². The van der Waals surface area contributed by atoms with E-state index in [0.717, 1.165) is 26.1 Å². The number of ether oxygens (including phenoxy) is 1. The molecule has 0 aliphatic carbocycles. The van der Waals surface area contributed by atoms with E-state index in [1.54, 1.807) is 0 Å². The summed E-state index contributed by atoms with van der Waals surface area (Å²) in [4.78, 5) is 4.65. The first-order valence-electron chi connectivity index (χ1n) is 8.04. The topological polar surface area (TPSA) is 59.6 Å². The highest BCUT2D eigenvalue weighted by Gasteiger charge is 2.35. The van der Waals surface area contributed by atoms with Gasteiger partial charge in [0.05, 0.1) is 6.54 Å². The highest BCUT2D eigenvalue weighted by molar-refractivity contribution is 14.0. The molecule has 1 aromatic carbocycles. The Labute approximate surface area is 157 Å². The third kappa shape index (κ3) is 5.64. The molecule has 0 bridgehead atoms. The molecule has 5 heteroatoms. The minimum atomic E-state index is -0.0704. The molecule has 1 aliphatic heterocycles. The van der Waals surface area contributed by atoms with Gasteiger partial charge in [-0.1, -0.05) is 24.3 Å². The van der Waals surface area contributed by atoms with Crippen molar-refractivity contribution in [3.8, 4) is 0 Å². The molecule has 4 nitrogen and oxygen atoms in total. The lowest BCUT2D eigenvalue weighted by atomic mass is 9.72. The molecule has 3 N–H and O–H groups in total. The second kappa shape index (κ2) is 8.33. The first-order valence-corrected chi connectivity index (χ1v) is 8.04. The Hall–Kier alpha value is -0.820. The number of nitrogens with two attached hydrogens (primary N) is 1. The lowest BCUT2D eigenvalue weighted by Crippen LogP contribution is -2.46. The molecule has 1 aliphatic rings. The maximum absolute atomic E-state index is 6.06. The number of hydrogen-bond acceptors (Lipinski definition) is 2. The van der Waals surface area contributed by atoms with Crippen LogP contribution in [0, 0.1) is 6.92 Å². The van der Waals surface area contributed by atoms with Gasteiger partial charge in [-0.2, -0.15) is 0 Å². The van der Waals surface area contributed by atoms with Crippen LogP contribution < -0.4 is 11.1 Å². The first kappa shape index (κ1) is 20.2. The van der Waals surface area contributed by atoms with E-state index in [1.165, 1.54) is 11.1 Å². The average molecular weight is 431 g/mol. The molecule has 0 atom stereocenters. The number of benzene rings is 1. The smallest absolute Gasteiger partial charge is 0.189 e.